The molecular formula is C18H24N2O3. The number of hydrogen-bond acceptors (Lipinski definition) is 3. The summed E-state index contributed by atoms with van der Waals surface area (Å²) in [7, 11) is 0. The van der Waals surface area contributed by atoms with Crippen LogP contribution in [0.1, 0.15) is 51.2 Å². The van der Waals surface area contributed by atoms with Crippen molar-refractivity contribution in [2.75, 3.05) is 10.2 Å². The average Bonchev–Trinajstić information content (AvgIpc) is 2.52. The molecule has 23 heavy (non-hydrogen) atoms. The van der Waals surface area contributed by atoms with Gasteiger partial charge < -0.3 is 10.4 Å². The second-order valence-electron chi connectivity index (χ2n) is 6.99. The van der Waals surface area contributed by atoms with Gasteiger partial charge in [0.25, 0.3) is 5.91 Å². The van der Waals surface area contributed by atoms with Crippen LogP contribution >= 0.6 is 0 Å². The van der Waals surface area contributed by atoms with Gasteiger partial charge in [0, 0.05) is 0 Å². The van der Waals surface area contributed by atoms with E-state index in [-0.39, 0.29) is 11.9 Å². The number of rotatable bonds is 3. The molecule has 0 saturated heterocycles. The van der Waals surface area contributed by atoms with Gasteiger partial charge in [-0.25, -0.2) is 4.79 Å². The van der Waals surface area contributed by atoms with Gasteiger partial charge in [-0.15, -0.1) is 0 Å². The molecule has 1 aliphatic carbocycles. The fourth-order valence-corrected chi connectivity index (χ4v) is 3.55. The topological polar surface area (TPSA) is 69.6 Å². The number of anilines is 2. The first-order valence-electron chi connectivity index (χ1n) is 8.36. The van der Waals surface area contributed by atoms with Crippen molar-refractivity contribution in [3.63, 3.8) is 0 Å². The van der Waals surface area contributed by atoms with Gasteiger partial charge in [0.15, 0.2) is 0 Å². The molecule has 0 bridgehead atoms. The van der Waals surface area contributed by atoms with Gasteiger partial charge in [-0.2, -0.15) is 0 Å². The highest BCUT2D eigenvalue weighted by atomic mass is 16.4. The minimum absolute atomic E-state index is 0.164. The largest absolute Gasteiger partial charge is 0.480 e. The first kappa shape index (κ1) is 15.8. The monoisotopic (exact) mass is 316 g/mol. The van der Waals surface area contributed by atoms with Gasteiger partial charge in [0.2, 0.25) is 0 Å². The van der Waals surface area contributed by atoms with E-state index < -0.39 is 11.5 Å². The van der Waals surface area contributed by atoms with E-state index in [4.69, 9.17) is 0 Å². The molecule has 2 N–H and O–H groups in total. The Morgan fingerprint density at radius 3 is 2.48 bits per heavy atom. The summed E-state index contributed by atoms with van der Waals surface area (Å²) in [5, 5.41) is 12.9. The number of carbonyl (C=O) groups is 2. The molecule has 0 spiro atoms. The van der Waals surface area contributed by atoms with Crippen LogP contribution in [0.5, 0.6) is 0 Å². The summed E-state index contributed by atoms with van der Waals surface area (Å²) in [5.74, 6) is -1.16. The summed E-state index contributed by atoms with van der Waals surface area (Å²) in [6.07, 6.45) is 5.01. The Morgan fingerprint density at radius 2 is 1.91 bits per heavy atom. The highest BCUT2D eigenvalue weighted by Gasteiger charge is 2.44. The molecule has 5 nitrogen and oxygen atoms in total. The van der Waals surface area contributed by atoms with Crippen LogP contribution in [0.15, 0.2) is 12.1 Å². The predicted molar refractivity (Wildman–Crippen MR) is 90.0 cm³/mol. The molecular weight excluding hydrogens is 292 g/mol. The number of aryl methyl sites for hydroxylation is 2. The third-order valence-electron chi connectivity index (χ3n) is 5.04. The number of aliphatic carboxylic acids is 1. The minimum Gasteiger partial charge on any atom is -0.480 e. The molecule has 124 valence electrons. The molecule has 0 radical (unpaired) electrons. The number of benzene rings is 1. The van der Waals surface area contributed by atoms with Crippen LogP contribution in [0.4, 0.5) is 11.4 Å². The Bertz CT molecular complexity index is 666. The molecule has 1 aromatic carbocycles. The molecule has 1 heterocycles. The van der Waals surface area contributed by atoms with Crippen LogP contribution in [-0.4, -0.2) is 28.6 Å². The number of hydrogen-bond donors (Lipinski definition) is 2. The first-order valence-corrected chi connectivity index (χ1v) is 8.36. The van der Waals surface area contributed by atoms with Crippen molar-refractivity contribution >= 4 is 23.3 Å². The summed E-state index contributed by atoms with van der Waals surface area (Å²) in [5.41, 5.74) is 2.87. The molecule has 0 aromatic heterocycles. The quantitative estimate of drug-likeness (QED) is 0.899. The Morgan fingerprint density at radius 1 is 1.30 bits per heavy atom. The molecule has 5 heteroatoms. The summed E-state index contributed by atoms with van der Waals surface area (Å²) >= 11 is 0. The molecule has 1 aromatic rings. The molecule has 1 amide bonds. The van der Waals surface area contributed by atoms with Crippen molar-refractivity contribution in [2.24, 2.45) is 0 Å². The predicted octanol–water partition coefficient (Wildman–Crippen LogP) is 2.97. The van der Waals surface area contributed by atoms with E-state index in [0.717, 1.165) is 24.9 Å². The molecule has 0 fully saturated rings. The number of fused-ring (bicyclic) bond motifs is 2. The smallest absolute Gasteiger partial charge is 0.329 e. The van der Waals surface area contributed by atoms with Crippen molar-refractivity contribution in [3.05, 3.63) is 23.3 Å². The Labute approximate surface area is 136 Å². The minimum atomic E-state index is -1.27. The molecule has 1 aliphatic heterocycles. The van der Waals surface area contributed by atoms with E-state index in [9.17, 15) is 14.7 Å². The van der Waals surface area contributed by atoms with Gasteiger partial charge in [-0.3, -0.25) is 9.69 Å². The Balaban J connectivity index is 2.16. The summed E-state index contributed by atoms with van der Waals surface area (Å²) < 4.78 is 0. The maximum Gasteiger partial charge on any atom is 0.329 e. The summed E-state index contributed by atoms with van der Waals surface area (Å²) in [6, 6.07) is 3.76. The van der Waals surface area contributed by atoms with Crippen LogP contribution in [0, 0.1) is 0 Å². The van der Waals surface area contributed by atoms with Gasteiger partial charge in [0.05, 0.1) is 11.4 Å². The molecule has 1 atom stereocenters. The summed E-state index contributed by atoms with van der Waals surface area (Å²) in [6.45, 7) is 5.12. The maximum absolute atomic E-state index is 12.8. The SMILES string of the molecule is CCC1Nc2cc3c(cc2N(C(C)(C)C(=O)O)C1=O)CCCC3. The lowest BCUT2D eigenvalue weighted by Crippen LogP contribution is -2.59. The standard InChI is InChI=1S/C18H24N2O3/c1-4-13-16(21)20(18(2,3)17(22)23)15-10-12-8-6-5-7-11(12)9-14(15)19-13/h9-10,13,19H,4-8H2,1-3H3,(H,22,23). The second-order valence-corrected chi connectivity index (χ2v) is 6.99. The fraction of sp³-hybridized carbons (Fsp3) is 0.556. The normalized spacial score (nSPS) is 20.6. The highest BCUT2D eigenvalue weighted by Crippen LogP contribution is 2.40. The van der Waals surface area contributed by atoms with E-state index in [2.05, 4.69) is 11.4 Å². The van der Waals surface area contributed by atoms with E-state index in [1.165, 1.54) is 22.4 Å². The zero-order valence-electron chi connectivity index (χ0n) is 14.0. The van der Waals surface area contributed by atoms with E-state index >= 15 is 0 Å². The Hall–Kier alpha value is -2.04. The van der Waals surface area contributed by atoms with Gasteiger partial charge >= 0.3 is 5.97 Å². The van der Waals surface area contributed by atoms with Gasteiger partial charge in [0.1, 0.15) is 11.6 Å². The zero-order chi connectivity index (χ0) is 16.8. The van der Waals surface area contributed by atoms with Crippen molar-refractivity contribution in [1.29, 1.82) is 0 Å². The molecule has 2 aliphatic rings. The lowest BCUT2D eigenvalue weighted by Gasteiger charge is -2.43. The highest BCUT2D eigenvalue weighted by molar-refractivity contribution is 6.09. The van der Waals surface area contributed by atoms with Crippen LogP contribution in [0.3, 0.4) is 0 Å². The van der Waals surface area contributed by atoms with Gasteiger partial charge in [-0.05, 0) is 69.2 Å². The third kappa shape index (κ3) is 2.48. The second kappa shape index (κ2) is 5.55. The number of nitrogens with zero attached hydrogens (tertiary/aromatic N) is 1. The van der Waals surface area contributed by atoms with Crippen LogP contribution in [-0.2, 0) is 22.4 Å². The molecule has 1 unspecified atom stereocenters. The van der Waals surface area contributed by atoms with Crippen LogP contribution < -0.4 is 10.2 Å². The average molecular weight is 316 g/mol. The lowest BCUT2D eigenvalue weighted by molar-refractivity contribution is -0.144. The number of amides is 1. The van der Waals surface area contributed by atoms with Crippen LogP contribution in [0.2, 0.25) is 0 Å². The zero-order valence-corrected chi connectivity index (χ0v) is 14.0. The number of carboxylic acids is 1. The number of nitrogens with one attached hydrogen (secondary N) is 1. The summed E-state index contributed by atoms with van der Waals surface area (Å²) in [4.78, 5) is 26.1. The van der Waals surface area contributed by atoms with E-state index in [1.54, 1.807) is 13.8 Å². The third-order valence-corrected chi connectivity index (χ3v) is 5.04. The lowest BCUT2D eigenvalue weighted by atomic mass is 9.88. The van der Waals surface area contributed by atoms with Crippen molar-refractivity contribution in [2.45, 2.75) is 64.5 Å². The van der Waals surface area contributed by atoms with Crippen LogP contribution in [0.25, 0.3) is 0 Å². The fourth-order valence-electron chi connectivity index (χ4n) is 3.55. The molecule has 0 saturated carbocycles. The van der Waals surface area contributed by atoms with E-state index in [1.807, 2.05) is 13.0 Å². The van der Waals surface area contributed by atoms with Crippen molar-refractivity contribution < 1.29 is 14.7 Å². The maximum atomic E-state index is 12.8. The van der Waals surface area contributed by atoms with E-state index in [0.29, 0.717) is 12.1 Å². The first-order chi connectivity index (χ1) is 10.9. The van der Waals surface area contributed by atoms with Crippen molar-refractivity contribution in [1.82, 2.24) is 0 Å². The van der Waals surface area contributed by atoms with Crippen molar-refractivity contribution in [3.8, 4) is 0 Å². The van der Waals surface area contributed by atoms with Gasteiger partial charge in [-0.1, -0.05) is 6.92 Å². The molecule has 3 rings (SSSR count). The number of carbonyl (C=O) groups excluding carboxylic acids is 1. The Kier molecular flexibility index (Phi) is 3.82. The number of carboxylic acid groups (broad SMARTS) is 1.